The molecule has 5 heteroatoms. The molecule has 0 aromatic heterocycles. The summed E-state index contributed by atoms with van der Waals surface area (Å²) >= 11 is 0. The molecule has 1 heterocycles. The monoisotopic (exact) mass is 204 g/mol. The number of methoxy groups -OCH3 is 2. The minimum Gasteiger partial charge on any atom is -0.388 e. The van der Waals surface area contributed by atoms with Crippen molar-refractivity contribution in [2.75, 3.05) is 20.8 Å². The highest BCUT2D eigenvalue weighted by Crippen LogP contribution is 2.24. The van der Waals surface area contributed by atoms with Crippen molar-refractivity contribution in [2.45, 2.75) is 30.5 Å². The van der Waals surface area contributed by atoms with Gasteiger partial charge in [0.15, 0.2) is 0 Å². The van der Waals surface area contributed by atoms with E-state index in [0.29, 0.717) is 0 Å². The average Bonchev–Trinajstić information content (AvgIpc) is 2.42. The largest absolute Gasteiger partial charge is 0.388 e. The van der Waals surface area contributed by atoms with Crippen molar-refractivity contribution in [3.05, 3.63) is 6.92 Å². The van der Waals surface area contributed by atoms with Crippen LogP contribution in [0.5, 0.6) is 0 Å². The highest BCUT2D eigenvalue weighted by molar-refractivity contribution is 4.95. The average molecular weight is 204 g/mol. The molecule has 5 nitrogen and oxygen atoms in total. The molecule has 82 valence electrons. The first-order valence-corrected chi connectivity index (χ1v) is 4.40. The Morgan fingerprint density at radius 3 is 2.36 bits per heavy atom. The lowest BCUT2D eigenvalue weighted by Crippen LogP contribution is -2.41. The van der Waals surface area contributed by atoms with Gasteiger partial charge in [0.1, 0.15) is 24.4 Å². The predicted molar refractivity (Wildman–Crippen MR) is 47.6 cm³/mol. The van der Waals surface area contributed by atoms with Crippen LogP contribution in [0.25, 0.3) is 0 Å². The maximum Gasteiger partial charge on any atom is 0.115 e. The zero-order valence-electron chi connectivity index (χ0n) is 8.29. The predicted octanol–water partition coefficient (Wildman–Crippen LogP) is -1.15. The molecule has 0 bridgehead atoms. The van der Waals surface area contributed by atoms with Gasteiger partial charge in [-0.15, -0.1) is 0 Å². The standard InChI is InChI=1S/C9H16O5/c1-5-7(10)8(11)9(14-5)6(13-3)4-12-2/h1,5-11H,4H2,2-3H3/t5-,6?,7?,8+,9-/m0/s1. The van der Waals surface area contributed by atoms with Crippen LogP contribution in [0.2, 0.25) is 0 Å². The van der Waals surface area contributed by atoms with Crippen LogP contribution in [0.3, 0.4) is 0 Å². The molecule has 0 saturated carbocycles. The topological polar surface area (TPSA) is 68.2 Å². The lowest BCUT2D eigenvalue weighted by molar-refractivity contribution is -0.0974. The van der Waals surface area contributed by atoms with Crippen LogP contribution in [-0.4, -0.2) is 61.6 Å². The number of aliphatic hydroxyl groups excluding tert-OH is 2. The second kappa shape index (κ2) is 5.04. The van der Waals surface area contributed by atoms with Gasteiger partial charge in [0.05, 0.1) is 12.7 Å². The number of ether oxygens (including phenoxy) is 3. The first kappa shape index (κ1) is 11.9. The van der Waals surface area contributed by atoms with Crippen LogP contribution in [0.1, 0.15) is 0 Å². The Balaban J connectivity index is 2.58. The SMILES string of the molecule is [CH][C@@H]1O[C@@H](C(COC)OC)[C@H](O)C1O. The summed E-state index contributed by atoms with van der Waals surface area (Å²) in [6.07, 6.45) is -4.06. The molecule has 0 amide bonds. The Bertz CT molecular complexity index is 175. The Labute approximate surface area is 83.6 Å². The molecule has 2 N–H and O–H groups in total. The van der Waals surface area contributed by atoms with E-state index in [2.05, 4.69) is 0 Å². The summed E-state index contributed by atoms with van der Waals surface area (Å²) in [7, 11) is 3.00. The quantitative estimate of drug-likeness (QED) is 0.605. The number of rotatable bonds is 4. The number of aliphatic hydroxyl groups is 2. The summed E-state index contributed by atoms with van der Waals surface area (Å²) in [5.41, 5.74) is 0. The summed E-state index contributed by atoms with van der Waals surface area (Å²) in [5, 5.41) is 18.9. The Kier molecular flexibility index (Phi) is 4.28. The lowest BCUT2D eigenvalue weighted by atomic mass is 10.0. The van der Waals surface area contributed by atoms with Gasteiger partial charge in [0, 0.05) is 14.2 Å². The zero-order valence-corrected chi connectivity index (χ0v) is 8.29. The minimum atomic E-state index is -1.07. The van der Waals surface area contributed by atoms with Crippen molar-refractivity contribution in [1.29, 1.82) is 0 Å². The fourth-order valence-electron chi connectivity index (χ4n) is 1.50. The molecule has 5 atom stereocenters. The van der Waals surface area contributed by atoms with Crippen LogP contribution in [0.15, 0.2) is 0 Å². The summed E-state index contributed by atoms with van der Waals surface area (Å²) < 4.78 is 15.1. The van der Waals surface area contributed by atoms with Gasteiger partial charge >= 0.3 is 0 Å². The van der Waals surface area contributed by atoms with Crippen molar-refractivity contribution >= 4 is 0 Å². The van der Waals surface area contributed by atoms with Crippen LogP contribution < -0.4 is 0 Å². The van der Waals surface area contributed by atoms with Crippen LogP contribution in [0, 0.1) is 6.92 Å². The van der Waals surface area contributed by atoms with Gasteiger partial charge in [-0.1, -0.05) is 0 Å². The molecule has 2 radical (unpaired) electrons. The minimum absolute atomic E-state index is 0.275. The molecule has 0 aliphatic carbocycles. The molecular formula is C9H16O5. The molecule has 0 aromatic rings. The first-order valence-electron chi connectivity index (χ1n) is 4.40. The zero-order chi connectivity index (χ0) is 10.7. The summed E-state index contributed by atoms with van der Waals surface area (Å²) in [6.45, 7) is 5.69. The van der Waals surface area contributed by atoms with Crippen molar-refractivity contribution in [2.24, 2.45) is 0 Å². The van der Waals surface area contributed by atoms with E-state index in [9.17, 15) is 10.2 Å². The van der Waals surface area contributed by atoms with Crippen molar-refractivity contribution < 1.29 is 24.4 Å². The van der Waals surface area contributed by atoms with Crippen molar-refractivity contribution in [3.63, 3.8) is 0 Å². The smallest absolute Gasteiger partial charge is 0.115 e. The third kappa shape index (κ3) is 2.24. The summed E-state index contributed by atoms with van der Waals surface area (Å²) in [5.74, 6) is 0. The Hall–Kier alpha value is -0.200. The molecule has 0 aromatic carbocycles. The molecule has 0 spiro atoms. The second-order valence-corrected chi connectivity index (χ2v) is 3.28. The number of hydrogen-bond acceptors (Lipinski definition) is 5. The molecule has 1 rings (SSSR count). The maximum absolute atomic E-state index is 9.57. The van der Waals surface area contributed by atoms with E-state index in [1.807, 2.05) is 0 Å². The lowest BCUT2D eigenvalue weighted by Gasteiger charge is -2.23. The molecule has 14 heavy (non-hydrogen) atoms. The van der Waals surface area contributed by atoms with Crippen LogP contribution in [-0.2, 0) is 14.2 Å². The second-order valence-electron chi connectivity index (χ2n) is 3.28. The van der Waals surface area contributed by atoms with Crippen LogP contribution >= 0.6 is 0 Å². The molecule has 1 saturated heterocycles. The van der Waals surface area contributed by atoms with Crippen molar-refractivity contribution in [1.82, 2.24) is 0 Å². The van der Waals surface area contributed by atoms with Gasteiger partial charge in [0.25, 0.3) is 0 Å². The van der Waals surface area contributed by atoms with E-state index in [4.69, 9.17) is 21.1 Å². The molecule has 1 aliphatic rings. The van der Waals surface area contributed by atoms with E-state index >= 15 is 0 Å². The highest BCUT2D eigenvalue weighted by Gasteiger charge is 2.44. The van der Waals surface area contributed by atoms with Gasteiger partial charge < -0.3 is 24.4 Å². The van der Waals surface area contributed by atoms with Gasteiger partial charge in [-0.2, -0.15) is 0 Å². The summed E-state index contributed by atoms with van der Waals surface area (Å²) in [4.78, 5) is 0. The van der Waals surface area contributed by atoms with E-state index < -0.39 is 30.5 Å². The van der Waals surface area contributed by atoms with E-state index in [1.165, 1.54) is 14.2 Å². The van der Waals surface area contributed by atoms with E-state index in [-0.39, 0.29) is 6.61 Å². The molecule has 1 fully saturated rings. The Morgan fingerprint density at radius 1 is 1.36 bits per heavy atom. The van der Waals surface area contributed by atoms with Crippen molar-refractivity contribution in [3.8, 4) is 0 Å². The van der Waals surface area contributed by atoms with Crippen LogP contribution in [0.4, 0.5) is 0 Å². The fourth-order valence-corrected chi connectivity index (χ4v) is 1.50. The van der Waals surface area contributed by atoms with Gasteiger partial charge in [0.2, 0.25) is 0 Å². The van der Waals surface area contributed by atoms with E-state index in [0.717, 1.165) is 0 Å². The maximum atomic E-state index is 9.57. The Morgan fingerprint density at radius 2 is 2.00 bits per heavy atom. The summed E-state index contributed by atoms with van der Waals surface area (Å²) in [6, 6.07) is 0. The first-order chi connectivity index (χ1) is 6.61. The van der Waals surface area contributed by atoms with Gasteiger partial charge in [-0.25, -0.2) is 0 Å². The van der Waals surface area contributed by atoms with E-state index in [1.54, 1.807) is 0 Å². The highest BCUT2D eigenvalue weighted by atomic mass is 16.6. The normalized spacial score (nSPS) is 40.1. The third-order valence-electron chi connectivity index (χ3n) is 2.34. The van der Waals surface area contributed by atoms with Gasteiger partial charge in [-0.05, 0) is 6.92 Å². The fraction of sp³-hybridized carbons (Fsp3) is 0.889. The molecule has 1 aliphatic heterocycles. The molecule has 2 unspecified atom stereocenters. The third-order valence-corrected chi connectivity index (χ3v) is 2.34. The van der Waals surface area contributed by atoms with Gasteiger partial charge in [-0.3, -0.25) is 0 Å². The number of hydrogen-bond donors (Lipinski definition) is 2. The molecular weight excluding hydrogens is 188 g/mol.